The summed E-state index contributed by atoms with van der Waals surface area (Å²) in [6.45, 7) is 3.29. The van der Waals surface area contributed by atoms with Gasteiger partial charge in [-0.2, -0.15) is 10.1 Å². The zero-order chi connectivity index (χ0) is 18.3. The molecule has 1 aliphatic rings. The molecule has 1 amide bonds. The Hall–Kier alpha value is -2.90. The van der Waals surface area contributed by atoms with Crippen LogP contribution in [-0.2, 0) is 7.05 Å². The van der Waals surface area contributed by atoms with Gasteiger partial charge in [0.1, 0.15) is 17.0 Å². The van der Waals surface area contributed by atoms with Crippen molar-refractivity contribution in [3.63, 3.8) is 0 Å². The Bertz CT molecular complexity index is 956. The van der Waals surface area contributed by atoms with Crippen LogP contribution < -0.4 is 10.2 Å². The first-order valence-corrected chi connectivity index (χ1v) is 8.62. The van der Waals surface area contributed by atoms with Gasteiger partial charge in [-0.1, -0.05) is 0 Å². The van der Waals surface area contributed by atoms with Crippen molar-refractivity contribution in [2.24, 2.45) is 7.05 Å². The van der Waals surface area contributed by atoms with E-state index in [1.54, 1.807) is 23.9 Å². The Morgan fingerprint density at radius 2 is 2.08 bits per heavy atom. The first-order valence-electron chi connectivity index (χ1n) is 8.62. The van der Waals surface area contributed by atoms with Crippen molar-refractivity contribution < 1.29 is 13.6 Å². The van der Waals surface area contributed by atoms with Crippen LogP contribution in [0.4, 0.5) is 10.4 Å². The fourth-order valence-corrected chi connectivity index (χ4v) is 3.32. The van der Waals surface area contributed by atoms with E-state index < -0.39 is 0 Å². The summed E-state index contributed by atoms with van der Waals surface area (Å²) in [5, 5.41) is 7.27. The van der Waals surface area contributed by atoms with Crippen molar-refractivity contribution in [1.82, 2.24) is 20.1 Å². The molecule has 3 aromatic rings. The second-order valence-corrected chi connectivity index (χ2v) is 6.64. The zero-order valence-corrected chi connectivity index (χ0v) is 14.7. The molecule has 7 nitrogen and oxygen atoms in total. The first kappa shape index (κ1) is 16.6. The number of nitrogens with zero attached hydrogens (tertiary/aromatic N) is 4. The van der Waals surface area contributed by atoms with E-state index in [9.17, 15) is 9.18 Å². The Morgan fingerprint density at radius 1 is 1.31 bits per heavy atom. The van der Waals surface area contributed by atoms with E-state index in [0.29, 0.717) is 35.9 Å². The lowest BCUT2D eigenvalue weighted by molar-refractivity contribution is 0.0921. The third-order valence-electron chi connectivity index (χ3n) is 4.67. The number of benzene rings is 1. The molecule has 1 N–H and O–H groups in total. The molecule has 2 aromatic heterocycles. The van der Waals surface area contributed by atoms with Crippen LogP contribution in [-0.4, -0.2) is 39.8 Å². The number of hydrogen-bond donors (Lipinski definition) is 1. The molecule has 3 heterocycles. The van der Waals surface area contributed by atoms with Gasteiger partial charge in [-0.15, -0.1) is 0 Å². The van der Waals surface area contributed by atoms with Gasteiger partial charge in [0.2, 0.25) is 0 Å². The molecule has 0 radical (unpaired) electrons. The van der Waals surface area contributed by atoms with Gasteiger partial charge < -0.3 is 14.6 Å². The van der Waals surface area contributed by atoms with Crippen LogP contribution >= 0.6 is 0 Å². The van der Waals surface area contributed by atoms with E-state index in [-0.39, 0.29) is 17.8 Å². The molecule has 26 heavy (non-hydrogen) atoms. The molecular weight excluding hydrogens is 337 g/mol. The Labute approximate surface area is 149 Å². The van der Waals surface area contributed by atoms with Crippen LogP contribution in [0.1, 0.15) is 29.0 Å². The maximum absolute atomic E-state index is 13.3. The summed E-state index contributed by atoms with van der Waals surface area (Å²) in [5.74, 6) is -0.448. The van der Waals surface area contributed by atoms with Crippen molar-refractivity contribution >= 4 is 23.0 Å². The summed E-state index contributed by atoms with van der Waals surface area (Å²) in [6.07, 6.45) is 1.57. The number of halogens is 1. The summed E-state index contributed by atoms with van der Waals surface area (Å²) in [5.41, 5.74) is 2.47. The highest BCUT2D eigenvalue weighted by atomic mass is 19.1. The molecule has 1 aromatic carbocycles. The predicted molar refractivity (Wildman–Crippen MR) is 94.6 cm³/mol. The van der Waals surface area contributed by atoms with Crippen molar-refractivity contribution in [3.8, 4) is 0 Å². The smallest absolute Gasteiger partial charge is 0.298 e. The minimum absolute atomic E-state index is 0.0933. The zero-order valence-electron chi connectivity index (χ0n) is 14.7. The molecule has 0 bridgehead atoms. The fraction of sp³-hybridized carbons (Fsp3) is 0.389. The second-order valence-electron chi connectivity index (χ2n) is 6.64. The van der Waals surface area contributed by atoms with Crippen LogP contribution in [0.25, 0.3) is 11.1 Å². The maximum Gasteiger partial charge on any atom is 0.298 e. The number of fused-ring (bicyclic) bond motifs is 1. The van der Waals surface area contributed by atoms with Gasteiger partial charge in [-0.25, -0.2) is 4.39 Å². The van der Waals surface area contributed by atoms with Crippen LogP contribution in [0.3, 0.4) is 0 Å². The predicted octanol–water partition coefficient (Wildman–Crippen LogP) is 2.41. The molecule has 8 heteroatoms. The minimum Gasteiger partial charge on any atom is -0.423 e. The number of oxazole rings is 1. The Kier molecular flexibility index (Phi) is 4.10. The van der Waals surface area contributed by atoms with Crippen LogP contribution in [0.5, 0.6) is 0 Å². The fourth-order valence-electron chi connectivity index (χ4n) is 3.32. The Balaban J connectivity index is 1.39. The molecule has 0 unspecified atom stereocenters. The van der Waals surface area contributed by atoms with Gasteiger partial charge in [0.25, 0.3) is 11.9 Å². The van der Waals surface area contributed by atoms with Gasteiger partial charge in [0, 0.05) is 32.2 Å². The lowest BCUT2D eigenvalue weighted by atomic mass is 10.1. The maximum atomic E-state index is 13.3. The third kappa shape index (κ3) is 3.14. The number of anilines is 1. The number of rotatable bonds is 3. The van der Waals surface area contributed by atoms with Crippen LogP contribution in [0, 0.1) is 12.7 Å². The first-order chi connectivity index (χ1) is 12.5. The highest BCUT2D eigenvalue weighted by molar-refractivity contribution is 5.92. The number of aryl methyl sites for hydroxylation is 2. The van der Waals surface area contributed by atoms with E-state index in [2.05, 4.69) is 15.4 Å². The van der Waals surface area contributed by atoms with Crippen molar-refractivity contribution in [1.29, 1.82) is 0 Å². The number of hydrogen-bond acceptors (Lipinski definition) is 5. The van der Waals surface area contributed by atoms with Gasteiger partial charge in [0.05, 0.1) is 5.69 Å². The summed E-state index contributed by atoms with van der Waals surface area (Å²) < 4.78 is 20.5. The molecule has 0 saturated carbocycles. The Morgan fingerprint density at radius 3 is 2.77 bits per heavy atom. The van der Waals surface area contributed by atoms with E-state index in [0.717, 1.165) is 18.5 Å². The lowest BCUT2D eigenvalue weighted by Gasteiger charge is -2.31. The van der Waals surface area contributed by atoms with E-state index in [1.165, 1.54) is 12.1 Å². The molecule has 0 atom stereocenters. The number of piperidine rings is 1. The molecule has 0 spiro atoms. The van der Waals surface area contributed by atoms with Gasteiger partial charge >= 0.3 is 0 Å². The van der Waals surface area contributed by atoms with Crippen LogP contribution in [0.15, 0.2) is 28.7 Å². The summed E-state index contributed by atoms with van der Waals surface area (Å²) >= 11 is 0. The normalized spacial score (nSPS) is 15.6. The van der Waals surface area contributed by atoms with E-state index in [4.69, 9.17) is 4.42 Å². The van der Waals surface area contributed by atoms with Crippen molar-refractivity contribution in [3.05, 3.63) is 41.5 Å². The van der Waals surface area contributed by atoms with E-state index >= 15 is 0 Å². The molecule has 0 aliphatic carbocycles. The largest absolute Gasteiger partial charge is 0.423 e. The van der Waals surface area contributed by atoms with Gasteiger partial charge in [-0.05, 0) is 38.0 Å². The second kappa shape index (κ2) is 6.44. The molecular formula is C18H20FN5O2. The topological polar surface area (TPSA) is 76.2 Å². The third-order valence-corrected chi connectivity index (χ3v) is 4.67. The lowest BCUT2D eigenvalue weighted by Crippen LogP contribution is -2.45. The monoisotopic (exact) mass is 357 g/mol. The standard InChI is InChI=1S/C18H20FN5O2/c1-11-9-15(23(2)22-11)17(25)20-13-5-7-24(8-6-13)18-21-14-4-3-12(19)10-16(14)26-18/h3-4,9-10,13H,5-8H2,1-2H3,(H,20,25). The highest BCUT2D eigenvalue weighted by Crippen LogP contribution is 2.25. The van der Waals surface area contributed by atoms with Crippen molar-refractivity contribution in [2.75, 3.05) is 18.0 Å². The average molecular weight is 357 g/mol. The molecule has 1 saturated heterocycles. The molecule has 136 valence electrons. The quantitative estimate of drug-likeness (QED) is 0.779. The SMILES string of the molecule is Cc1cc(C(=O)NC2CCN(c3nc4ccc(F)cc4o3)CC2)n(C)n1. The molecule has 4 rings (SSSR count). The summed E-state index contributed by atoms with van der Waals surface area (Å²) in [7, 11) is 1.76. The van der Waals surface area contributed by atoms with Gasteiger partial charge in [-0.3, -0.25) is 9.48 Å². The summed E-state index contributed by atoms with van der Waals surface area (Å²) in [4.78, 5) is 18.8. The number of carbonyl (C=O) groups excluding carboxylic acids is 1. The van der Waals surface area contributed by atoms with Crippen LogP contribution in [0.2, 0.25) is 0 Å². The summed E-state index contributed by atoms with van der Waals surface area (Å²) in [6, 6.07) is 6.70. The van der Waals surface area contributed by atoms with Crippen molar-refractivity contribution in [2.45, 2.75) is 25.8 Å². The number of amides is 1. The number of carbonyl (C=O) groups is 1. The average Bonchev–Trinajstić information content (AvgIpc) is 3.17. The number of nitrogens with one attached hydrogen (secondary N) is 1. The van der Waals surface area contributed by atoms with Gasteiger partial charge in [0.15, 0.2) is 5.58 Å². The molecule has 1 fully saturated rings. The van der Waals surface area contributed by atoms with E-state index in [1.807, 2.05) is 11.8 Å². The molecule has 1 aliphatic heterocycles. The minimum atomic E-state index is -0.341. The number of aromatic nitrogens is 3. The highest BCUT2D eigenvalue weighted by Gasteiger charge is 2.25.